The van der Waals surface area contributed by atoms with Crippen molar-refractivity contribution in [2.24, 2.45) is 4.99 Å². The molecule has 12 heavy (non-hydrogen) atoms. The van der Waals surface area contributed by atoms with E-state index in [1.165, 1.54) is 0 Å². The highest BCUT2D eigenvalue weighted by Gasteiger charge is 2.32. The highest BCUT2D eigenvalue weighted by molar-refractivity contribution is 8.41. The molecule has 0 amide bonds. The molecule has 1 saturated heterocycles. The van der Waals surface area contributed by atoms with Crippen molar-refractivity contribution in [1.29, 1.82) is 0 Å². The lowest BCUT2D eigenvalue weighted by Gasteiger charge is -2.21. The monoisotopic (exact) mass is 221 g/mol. The molecule has 1 fully saturated rings. The number of nitrogens with zero attached hydrogens (tertiary/aromatic N) is 1. The van der Waals surface area contributed by atoms with Crippen molar-refractivity contribution in [2.45, 2.75) is 4.33 Å². The van der Waals surface area contributed by atoms with Crippen LogP contribution < -0.4 is 10.6 Å². The van der Waals surface area contributed by atoms with Gasteiger partial charge in [-0.2, -0.15) is 0 Å². The van der Waals surface area contributed by atoms with Crippen molar-refractivity contribution < 1.29 is 0 Å². The molecule has 2 heterocycles. The largest absolute Gasteiger partial charge is 0.281 e. The Morgan fingerprint density at radius 2 is 2.25 bits per heavy atom. The summed E-state index contributed by atoms with van der Waals surface area (Å²) in [6.45, 7) is 2.92. The van der Waals surface area contributed by atoms with Crippen LogP contribution in [0.15, 0.2) is 4.99 Å². The molecular weight excluding hydrogens is 210 g/mol. The number of thioether (sulfide) groups is 2. The molecule has 0 atom stereocenters. The molecule has 0 aromatic rings. The van der Waals surface area contributed by atoms with Crippen LogP contribution in [-0.2, 0) is 0 Å². The zero-order valence-electron chi connectivity index (χ0n) is 6.54. The number of thiol groups is 1. The Bertz CT molecular complexity index is 200. The van der Waals surface area contributed by atoms with Gasteiger partial charge in [0.2, 0.25) is 0 Å². The molecule has 0 aliphatic carbocycles. The summed E-state index contributed by atoms with van der Waals surface area (Å²) >= 11 is 7.99. The van der Waals surface area contributed by atoms with Crippen LogP contribution in [0.5, 0.6) is 0 Å². The fraction of sp³-hybridized carbons (Fsp3) is 0.833. The lowest BCUT2D eigenvalue weighted by Crippen LogP contribution is -2.40. The lowest BCUT2D eigenvalue weighted by atomic mass is 10.7. The van der Waals surface area contributed by atoms with Crippen molar-refractivity contribution in [3.63, 3.8) is 0 Å². The first-order valence-electron chi connectivity index (χ1n) is 3.87. The molecule has 2 aliphatic rings. The standard InChI is InChI=1S/C6H11N3S3/c10-6(8-1-2-9-6)12-5-7-3-4-11-5/h8-10H,1-4H2. The molecule has 0 unspecified atom stereocenters. The normalized spacial score (nSPS) is 27.6. The first kappa shape index (κ1) is 9.21. The summed E-state index contributed by atoms with van der Waals surface area (Å²) in [6.07, 6.45) is 0. The minimum Gasteiger partial charge on any atom is -0.281 e. The van der Waals surface area contributed by atoms with Gasteiger partial charge >= 0.3 is 0 Å². The van der Waals surface area contributed by atoms with E-state index >= 15 is 0 Å². The van der Waals surface area contributed by atoms with Crippen LogP contribution in [0, 0.1) is 0 Å². The van der Waals surface area contributed by atoms with E-state index in [2.05, 4.69) is 28.3 Å². The Morgan fingerprint density at radius 3 is 2.83 bits per heavy atom. The second kappa shape index (κ2) is 3.79. The molecule has 2 rings (SSSR count). The minimum atomic E-state index is -0.282. The second-order valence-corrected chi connectivity index (χ2v) is 6.11. The van der Waals surface area contributed by atoms with E-state index in [0.717, 1.165) is 29.8 Å². The van der Waals surface area contributed by atoms with Crippen LogP contribution >= 0.6 is 36.2 Å². The topological polar surface area (TPSA) is 36.4 Å². The summed E-state index contributed by atoms with van der Waals surface area (Å²) in [4.78, 5) is 4.36. The molecule has 6 heteroatoms. The summed E-state index contributed by atoms with van der Waals surface area (Å²) in [5.41, 5.74) is 0. The van der Waals surface area contributed by atoms with Gasteiger partial charge in [-0.15, -0.1) is 12.6 Å². The van der Waals surface area contributed by atoms with Gasteiger partial charge in [-0.25, -0.2) is 0 Å². The first-order valence-corrected chi connectivity index (χ1v) is 6.12. The van der Waals surface area contributed by atoms with Crippen LogP contribution in [0.4, 0.5) is 0 Å². The Balaban J connectivity index is 1.92. The molecule has 2 N–H and O–H groups in total. The smallest absolute Gasteiger partial charge is 0.169 e. The summed E-state index contributed by atoms with van der Waals surface area (Å²) in [5, 5.41) is 6.56. The summed E-state index contributed by atoms with van der Waals surface area (Å²) in [6, 6.07) is 0. The van der Waals surface area contributed by atoms with Crippen LogP contribution in [0.1, 0.15) is 0 Å². The highest BCUT2D eigenvalue weighted by atomic mass is 32.2. The Hall–Kier alpha value is 0.640. The van der Waals surface area contributed by atoms with E-state index in [1.807, 2.05) is 11.8 Å². The van der Waals surface area contributed by atoms with Crippen molar-refractivity contribution in [3.05, 3.63) is 0 Å². The van der Waals surface area contributed by atoms with E-state index < -0.39 is 0 Å². The Labute approximate surface area is 85.9 Å². The molecule has 0 aromatic heterocycles. The van der Waals surface area contributed by atoms with E-state index in [9.17, 15) is 0 Å². The van der Waals surface area contributed by atoms with Gasteiger partial charge in [-0.3, -0.25) is 15.6 Å². The third-order valence-electron chi connectivity index (χ3n) is 1.65. The number of hydrogen-bond donors (Lipinski definition) is 3. The van der Waals surface area contributed by atoms with Crippen molar-refractivity contribution in [2.75, 3.05) is 25.4 Å². The third-order valence-corrected chi connectivity index (χ3v) is 4.49. The number of rotatable bonds is 1. The lowest BCUT2D eigenvalue weighted by molar-refractivity contribution is 0.697. The molecule has 68 valence electrons. The van der Waals surface area contributed by atoms with Crippen molar-refractivity contribution in [3.8, 4) is 0 Å². The number of hydrogen-bond acceptors (Lipinski definition) is 6. The third kappa shape index (κ3) is 2.11. The summed E-state index contributed by atoms with van der Waals surface area (Å²) < 4.78 is 0.864. The second-order valence-electron chi connectivity index (χ2n) is 2.60. The zero-order chi connectivity index (χ0) is 8.44. The first-order chi connectivity index (χ1) is 5.79. The molecular formula is C6H11N3S3. The van der Waals surface area contributed by atoms with Gasteiger partial charge in [0.25, 0.3) is 0 Å². The maximum atomic E-state index is 4.50. The molecule has 2 aliphatic heterocycles. The van der Waals surface area contributed by atoms with E-state index in [4.69, 9.17) is 0 Å². The molecule has 0 spiro atoms. The van der Waals surface area contributed by atoms with Gasteiger partial charge in [0, 0.05) is 18.8 Å². The van der Waals surface area contributed by atoms with Crippen LogP contribution in [0.25, 0.3) is 0 Å². The fourth-order valence-corrected chi connectivity index (χ4v) is 3.93. The minimum absolute atomic E-state index is 0.282. The number of aliphatic imine (C=N–C) groups is 1. The summed E-state index contributed by atoms with van der Waals surface area (Å²) in [5.74, 6) is 1.12. The maximum Gasteiger partial charge on any atom is 0.169 e. The molecule has 0 saturated carbocycles. The zero-order valence-corrected chi connectivity index (χ0v) is 9.07. The van der Waals surface area contributed by atoms with Crippen molar-refractivity contribution >= 4 is 40.5 Å². The van der Waals surface area contributed by atoms with Crippen LogP contribution in [0.3, 0.4) is 0 Å². The van der Waals surface area contributed by atoms with Gasteiger partial charge in [0.1, 0.15) is 4.38 Å². The van der Waals surface area contributed by atoms with Gasteiger partial charge in [0.05, 0.1) is 6.54 Å². The number of nitrogens with one attached hydrogen (secondary N) is 2. The van der Waals surface area contributed by atoms with E-state index in [0.29, 0.717) is 0 Å². The van der Waals surface area contributed by atoms with Crippen LogP contribution in [0.2, 0.25) is 0 Å². The van der Waals surface area contributed by atoms with Crippen LogP contribution in [-0.4, -0.2) is 34.1 Å². The Morgan fingerprint density at radius 1 is 1.50 bits per heavy atom. The summed E-state index contributed by atoms with van der Waals surface area (Å²) in [7, 11) is 0. The maximum absolute atomic E-state index is 4.50. The van der Waals surface area contributed by atoms with E-state index in [1.54, 1.807) is 11.8 Å². The Kier molecular flexibility index (Phi) is 2.91. The van der Waals surface area contributed by atoms with Gasteiger partial charge in [-0.1, -0.05) is 23.5 Å². The average molecular weight is 221 g/mol. The quantitative estimate of drug-likeness (QED) is 0.447. The molecule has 3 nitrogen and oxygen atoms in total. The molecule has 0 bridgehead atoms. The van der Waals surface area contributed by atoms with E-state index in [-0.39, 0.29) is 4.33 Å². The predicted molar refractivity (Wildman–Crippen MR) is 60.1 cm³/mol. The predicted octanol–water partition coefficient (Wildman–Crippen LogP) is 0.556. The SMILES string of the molecule is SC1(SC2=NCCS2)NCCN1. The highest BCUT2D eigenvalue weighted by Crippen LogP contribution is 2.33. The van der Waals surface area contributed by atoms with Gasteiger partial charge < -0.3 is 0 Å². The van der Waals surface area contributed by atoms with Gasteiger partial charge in [-0.05, 0) is 0 Å². The fourth-order valence-electron chi connectivity index (χ4n) is 1.10. The molecule has 0 aromatic carbocycles. The average Bonchev–Trinajstić information content (AvgIpc) is 2.62. The van der Waals surface area contributed by atoms with Gasteiger partial charge in [0.15, 0.2) is 4.33 Å². The van der Waals surface area contributed by atoms with Crippen molar-refractivity contribution in [1.82, 2.24) is 10.6 Å². The molecule has 0 radical (unpaired) electrons.